The van der Waals surface area contributed by atoms with E-state index < -0.39 is 0 Å². The average molecular weight is 250 g/mol. The van der Waals surface area contributed by atoms with E-state index in [-0.39, 0.29) is 17.7 Å². The van der Waals surface area contributed by atoms with Gasteiger partial charge >= 0.3 is 0 Å². The van der Waals surface area contributed by atoms with Gasteiger partial charge in [0.05, 0.1) is 18.4 Å². The minimum absolute atomic E-state index is 0.0256. The Morgan fingerprint density at radius 3 is 3.28 bits per heavy atom. The molecule has 1 aromatic heterocycles. The molecule has 0 saturated carbocycles. The fourth-order valence-electron chi connectivity index (χ4n) is 1.89. The van der Waals surface area contributed by atoms with Gasteiger partial charge in [-0.3, -0.25) is 4.79 Å². The number of hydrogen-bond donors (Lipinski definition) is 2. The Balaban J connectivity index is 1.87. The summed E-state index contributed by atoms with van der Waals surface area (Å²) >= 11 is 0. The quantitative estimate of drug-likeness (QED) is 0.771. The van der Waals surface area contributed by atoms with Crippen molar-refractivity contribution >= 4 is 11.6 Å². The largest absolute Gasteiger partial charge is 0.397 e. The molecule has 1 aromatic rings. The number of anilines is 1. The lowest BCUT2D eigenvalue weighted by Crippen LogP contribution is -2.46. The number of aromatic nitrogens is 1. The van der Waals surface area contributed by atoms with E-state index in [0.717, 1.165) is 13.1 Å². The summed E-state index contributed by atoms with van der Waals surface area (Å²) < 4.78 is 5.56. The Morgan fingerprint density at radius 1 is 1.72 bits per heavy atom. The van der Waals surface area contributed by atoms with Crippen LogP contribution in [0.3, 0.4) is 0 Å². The minimum Gasteiger partial charge on any atom is -0.397 e. The molecule has 1 amide bonds. The first-order valence-electron chi connectivity index (χ1n) is 5.95. The number of nitrogens with one attached hydrogen (secondary N) is 1. The van der Waals surface area contributed by atoms with E-state index >= 15 is 0 Å². The lowest BCUT2D eigenvalue weighted by atomic mass is 10.2. The van der Waals surface area contributed by atoms with E-state index in [1.54, 1.807) is 18.3 Å². The summed E-state index contributed by atoms with van der Waals surface area (Å²) in [5, 5.41) is 2.80. The highest BCUT2D eigenvalue weighted by atomic mass is 16.5. The highest BCUT2D eigenvalue weighted by molar-refractivity contribution is 5.96. The van der Waals surface area contributed by atoms with Gasteiger partial charge in [-0.15, -0.1) is 0 Å². The molecule has 0 spiro atoms. The van der Waals surface area contributed by atoms with Crippen LogP contribution in [0.25, 0.3) is 0 Å². The van der Waals surface area contributed by atoms with Gasteiger partial charge in [0.2, 0.25) is 0 Å². The summed E-state index contributed by atoms with van der Waals surface area (Å²) in [5.41, 5.74) is 6.34. The van der Waals surface area contributed by atoms with E-state index in [9.17, 15) is 4.79 Å². The van der Waals surface area contributed by atoms with E-state index in [0.29, 0.717) is 18.8 Å². The number of pyridine rings is 1. The third-order valence-electron chi connectivity index (χ3n) is 2.89. The number of likely N-dealkylation sites (N-methyl/N-ethyl adjacent to an activating group) is 1. The van der Waals surface area contributed by atoms with Gasteiger partial charge in [0.15, 0.2) is 5.69 Å². The zero-order chi connectivity index (χ0) is 13.0. The predicted molar refractivity (Wildman–Crippen MR) is 68.2 cm³/mol. The number of nitrogens with two attached hydrogens (primary N) is 1. The van der Waals surface area contributed by atoms with Crippen LogP contribution in [0.15, 0.2) is 18.3 Å². The number of carbonyl (C=O) groups is 1. The lowest BCUT2D eigenvalue weighted by molar-refractivity contribution is -0.0175. The molecule has 6 heteroatoms. The molecular weight excluding hydrogens is 232 g/mol. The molecule has 1 saturated heterocycles. The SMILES string of the molecule is CN1CCOC(CNC(=O)c2ncccc2N)C1. The standard InChI is InChI=1S/C12H18N4O2/c1-16-5-6-18-9(8-16)7-15-12(17)11-10(13)3-2-4-14-11/h2-4,9H,5-8,13H2,1H3,(H,15,17). The monoisotopic (exact) mass is 250 g/mol. The van der Waals surface area contributed by atoms with Crippen LogP contribution < -0.4 is 11.1 Å². The summed E-state index contributed by atoms with van der Waals surface area (Å²) in [6.45, 7) is 2.91. The molecule has 1 aliphatic heterocycles. The molecule has 18 heavy (non-hydrogen) atoms. The van der Waals surface area contributed by atoms with Crippen molar-refractivity contribution in [3.05, 3.63) is 24.0 Å². The molecule has 0 aliphatic carbocycles. The fraction of sp³-hybridized carbons (Fsp3) is 0.500. The fourth-order valence-corrected chi connectivity index (χ4v) is 1.89. The Labute approximate surface area is 106 Å². The van der Waals surface area contributed by atoms with Crippen molar-refractivity contribution in [2.45, 2.75) is 6.10 Å². The third-order valence-corrected chi connectivity index (χ3v) is 2.89. The molecule has 1 fully saturated rings. The number of carbonyl (C=O) groups excluding carboxylic acids is 1. The zero-order valence-corrected chi connectivity index (χ0v) is 10.4. The van der Waals surface area contributed by atoms with Gasteiger partial charge in [-0.05, 0) is 19.2 Å². The Bertz CT molecular complexity index is 424. The van der Waals surface area contributed by atoms with Gasteiger partial charge < -0.3 is 20.7 Å². The summed E-state index contributed by atoms with van der Waals surface area (Å²) in [6.07, 6.45) is 1.58. The van der Waals surface area contributed by atoms with Crippen molar-refractivity contribution in [3.63, 3.8) is 0 Å². The number of nitrogen functional groups attached to an aromatic ring is 1. The number of ether oxygens (including phenoxy) is 1. The maximum atomic E-state index is 11.9. The van der Waals surface area contributed by atoms with Crippen molar-refractivity contribution in [2.75, 3.05) is 39.0 Å². The Kier molecular flexibility index (Phi) is 4.11. The van der Waals surface area contributed by atoms with Gasteiger partial charge in [0.25, 0.3) is 5.91 Å². The number of nitrogens with zero attached hydrogens (tertiary/aromatic N) is 2. The van der Waals surface area contributed by atoms with Crippen LogP contribution >= 0.6 is 0 Å². The minimum atomic E-state index is -0.259. The highest BCUT2D eigenvalue weighted by Gasteiger charge is 2.19. The highest BCUT2D eigenvalue weighted by Crippen LogP contribution is 2.07. The second-order valence-corrected chi connectivity index (χ2v) is 4.41. The second-order valence-electron chi connectivity index (χ2n) is 4.41. The molecule has 0 aromatic carbocycles. The summed E-state index contributed by atoms with van der Waals surface area (Å²) in [6, 6.07) is 3.36. The molecule has 0 radical (unpaired) electrons. The van der Waals surface area contributed by atoms with E-state index in [1.165, 1.54) is 0 Å². The molecule has 3 N–H and O–H groups in total. The van der Waals surface area contributed by atoms with E-state index in [1.807, 2.05) is 7.05 Å². The van der Waals surface area contributed by atoms with Gasteiger partial charge in [-0.2, -0.15) is 0 Å². The molecule has 2 heterocycles. The molecule has 1 unspecified atom stereocenters. The number of hydrogen-bond acceptors (Lipinski definition) is 5. The van der Waals surface area contributed by atoms with Crippen molar-refractivity contribution < 1.29 is 9.53 Å². The van der Waals surface area contributed by atoms with Crippen molar-refractivity contribution in [1.82, 2.24) is 15.2 Å². The van der Waals surface area contributed by atoms with Gasteiger partial charge in [-0.1, -0.05) is 0 Å². The van der Waals surface area contributed by atoms with Crippen molar-refractivity contribution in [2.24, 2.45) is 0 Å². The van der Waals surface area contributed by atoms with Crippen molar-refractivity contribution in [3.8, 4) is 0 Å². The molecule has 0 bridgehead atoms. The van der Waals surface area contributed by atoms with Gasteiger partial charge in [0.1, 0.15) is 0 Å². The lowest BCUT2D eigenvalue weighted by Gasteiger charge is -2.30. The topological polar surface area (TPSA) is 80.5 Å². The van der Waals surface area contributed by atoms with Crippen LogP contribution in [0.2, 0.25) is 0 Å². The Hall–Kier alpha value is -1.66. The number of morpholine rings is 1. The van der Waals surface area contributed by atoms with E-state index in [4.69, 9.17) is 10.5 Å². The summed E-state index contributed by atoms with van der Waals surface area (Å²) in [5.74, 6) is -0.259. The first-order chi connectivity index (χ1) is 8.66. The smallest absolute Gasteiger partial charge is 0.272 e. The first kappa shape index (κ1) is 12.8. The van der Waals surface area contributed by atoms with Gasteiger partial charge in [-0.25, -0.2) is 4.98 Å². The molecule has 2 rings (SSSR count). The summed E-state index contributed by atoms with van der Waals surface area (Å²) in [4.78, 5) is 18.0. The molecule has 1 aliphatic rings. The maximum absolute atomic E-state index is 11.9. The predicted octanol–water partition coefficient (Wildman–Crippen LogP) is -0.276. The molecule has 1 atom stereocenters. The second kappa shape index (κ2) is 5.79. The normalized spacial score (nSPS) is 20.6. The van der Waals surface area contributed by atoms with Crippen LogP contribution in [0, 0.1) is 0 Å². The van der Waals surface area contributed by atoms with Crippen LogP contribution in [0.4, 0.5) is 5.69 Å². The van der Waals surface area contributed by atoms with Crippen molar-refractivity contribution in [1.29, 1.82) is 0 Å². The van der Waals surface area contributed by atoms with Crippen LogP contribution in [-0.2, 0) is 4.74 Å². The molecular formula is C12H18N4O2. The summed E-state index contributed by atoms with van der Waals surface area (Å²) in [7, 11) is 2.04. The number of amides is 1. The number of rotatable bonds is 3. The first-order valence-corrected chi connectivity index (χ1v) is 5.95. The van der Waals surface area contributed by atoms with Crippen LogP contribution in [0.5, 0.6) is 0 Å². The van der Waals surface area contributed by atoms with Crippen LogP contribution in [0.1, 0.15) is 10.5 Å². The molecule has 98 valence electrons. The van der Waals surface area contributed by atoms with Gasteiger partial charge in [0, 0.05) is 25.8 Å². The Morgan fingerprint density at radius 2 is 2.56 bits per heavy atom. The maximum Gasteiger partial charge on any atom is 0.272 e. The third kappa shape index (κ3) is 3.18. The van der Waals surface area contributed by atoms with Crippen LogP contribution in [-0.4, -0.2) is 55.2 Å². The van der Waals surface area contributed by atoms with E-state index in [2.05, 4.69) is 15.2 Å². The average Bonchev–Trinajstić information content (AvgIpc) is 2.37. The zero-order valence-electron chi connectivity index (χ0n) is 10.4. The molecule has 6 nitrogen and oxygen atoms in total.